The van der Waals surface area contributed by atoms with Crippen molar-refractivity contribution in [1.82, 2.24) is 10.2 Å². The Bertz CT molecular complexity index is 187. The quantitative estimate of drug-likeness (QED) is 0.676. The molecule has 15 heavy (non-hydrogen) atoms. The Balaban J connectivity index is 1.52. The van der Waals surface area contributed by atoms with Crippen molar-refractivity contribution in [2.75, 3.05) is 19.6 Å². The second-order valence-electron chi connectivity index (χ2n) is 5.70. The topological polar surface area (TPSA) is 15.3 Å². The lowest BCUT2D eigenvalue weighted by molar-refractivity contribution is 0.317. The Morgan fingerprint density at radius 1 is 1.27 bits per heavy atom. The number of likely N-dealkylation sites (tertiary alicyclic amines) is 1. The summed E-state index contributed by atoms with van der Waals surface area (Å²) in [6.07, 6.45) is 7.00. The van der Waals surface area contributed by atoms with Crippen LogP contribution in [0, 0.1) is 5.92 Å². The Morgan fingerprint density at radius 3 is 2.73 bits per heavy atom. The minimum atomic E-state index is 0.790. The molecule has 0 radical (unpaired) electrons. The molecular weight excluding hydrogens is 184 g/mol. The lowest BCUT2D eigenvalue weighted by atomic mass is 10.1. The fourth-order valence-corrected chi connectivity index (χ4v) is 2.54. The van der Waals surface area contributed by atoms with Crippen LogP contribution in [0.25, 0.3) is 0 Å². The van der Waals surface area contributed by atoms with E-state index in [1.165, 1.54) is 51.7 Å². The average Bonchev–Trinajstić information content (AvgIpc) is 2.94. The highest BCUT2D eigenvalue weighted by Crippen LogP contribution is 2.29. The minimum Gasteiger partial charge on any atom is -0.313 e. The van der Waals surface area contributed by atoms with E-state index in [0.29, 0.717) is 0 Å². The molecule has 2 aliphatic rings. The van der Waals surface area contributed by atoms with Gasteiger partial charge in [-0.2, -0.15) is 0 Å². The maximum atomic E-state index is 3.71. The van der Waals surface area contributed by atoms with E-state index >= 15 is 0 Å². The van der Waals surface area contributed by atoms with Crippen LogP contribution in [0.4, 0.5) is 0 Å². The van der Waals surface area contributed by atoms with Crippen molar-refractivity contribution in [2.45, 2.75) is 58.0 Å². The summed E-state index contributed by atoms with van der Waals surface area (Å²) in [6, 6.07) is 1.75. The second-order valence-corrected chi connectivity index (χ2v) is 5.70. The van der Waals surface area contributed by atoms with Crippen molar-refractivity contribution >= 4 is 0 Å². The Hall–Kier alpha value is -0.0800. The molecule has 0 amide bonds. The molecule has 1 atom stereocenters. The maximum Gasteiger partial charge on any atom is 0.0207 e. The van der Waals surface area contributed by atoms with Crippen LogP contribution >= 0.6 is 0 Å². The number of hydrogen-bond acceptors (Lipinski definition) is 2. The van der Waals surface area contributed by atoms with Crippen LogP contribution in [0.1, 0.15) is 46.0 Å². The third-order valence-corrected chi connectivity index (χ3v) is 3.67. The zero-order valence-electron chi connectivity index (χ0n) is 10.3. The van der Waals surface area contributed by atoms with Gasteiger partial charge in [0.1, 0.15) is 0 Å². The molecule has 2 rings (SSSR count). The van der Waals surface area contributed by atoms with Crippen molar-refractivity contribution in [3.63, 3.8) is 0 Å². The molecule has 1 aliphatic heterocycles. The van der Waals surface area contributed by atoms with Gasteiger partial charge in [-0.1, -0.05) is 13.8 Å². The largest absolute Gasteiger partial charge is 0.313 e. The van der Waals surface area contributed by atoms with E-state index in [2.05, 4.69) is 24.1 Å². The van der Waals surface area contributed by atoms with Gasteiger partial charge in [-0.15, -0.1) is 0 Å². The Morgan fingerprint density at radius 2 is 2.07 bits per heavy atom. The van der Waals surface area contributed by atoms with E-state index in [9.17, 15) is 0 Å². The molecule has 1 unspecified atom stereocenters. The van der Waals surface area contributed by atoms with E-state index in [0.717, 1.165) is 18.0 Å². The zero-order valence-corrected chi connectivity index (χ0v) is 10.3. The SMILES string of the molecule is CC(C)CCCNC1CCN(C2CC2)C1. The highest BCUT2D eigenvalue weighted by molar-refractivity contribution is 4.91. The van der Waals surface area contributed by atoms with Crippen LogP contribution in [0.2, 0.25) is 0 Å². The van der Waals surface area contributed by atoms with E-state index < -0.39 is 0 Å². The van der Waals surface area contributed by atoms with E-state index in [4.69, 9.17) is 0 Å². The average molecular weight is 210 g/mol. The van der Waals surface area contributed by atoms with Gasteiger partial charge >= 0.3 is 0 Å². The van der Waals surface area contributed by atoms with Crippen molar-refractivity contribution in [1.29, 1.82) is 0 Å². The van der Waals surface area contributed by atoms with E-state index in [1.54, 1.807) is 0 Å². The molecule has 1 saturated carbocycles. The Labute approximate surface area is 94.4 Å². The third-order valence-electron chi connectivity index (χ3n) is 3.67. The molecule has 1 N–H and O–H groups in total. The highest BCUT2D eigenvalue weighted by atomic mass is 15.2. The summed E-state index contributed by atoms with van der Waals surface area (Å²) in [6.45, 7) is 8.50. The van der Waals surface area contributed by atoms with Crippen LogP contribution in [0.15, 0.2) is 0 Å². The number of nitrogens with zero attached hydrogens (tertiary/aromatic N) is 1. The first-order valence-corrected chi connectivity index (χ1v) is 6.73. The molecule has 0 bridgehead atoms. The normalized spacial score (nSPS) is 27.8. The third kappa shape index (κ3) is 3.76. The molecule has 2 nitrogen and oxygen atoms in total. The van der Waals surface area contributed by atoms with Gasteiger partial charge in [0.2, 0.25) is 0 Å². The van der Waals surface area contributed by atoms with Gasteiger partial charge < -0.3 is 5.32 Å². The zero-order chi connectivity index (χ0) is 10.7. The Kier molecular flexibility index (Phi) is 4.04. The summed E-state index contributed by atoms with van der Waals surface area (Å²) in [5.41, 5.74) is 0. The monoisotopic (exact) mass is 210 g/mol. The van der Waals surface area contributed by atoms with Crippen molar-refractivity contribution in [3.05, 3.63) is 0 Å². The lowest BCUT2D eigenvalue weighted by Gasteiger charge is -2.16. The van der Waals surface area contributed by atoms with Gasteiger partial charge in [-0.25, -0.2) is 0 Å². The maximum absolute atomic E-state index is 3.71. The predicted molar refractivity (Wildman–Crippen MR) is 65.1 cm³/mol. The number of rotatable bonds is 6. The van der Waals surface area contributed by atoms with Gasteiger partial charge in [0.25, 0.3) is 0 Å². The molecule has 2 heteroatoms. The summed E-state index contributed by atoms with van der Waals surface area (Å²) in [7, 11) is 0. The minimum absolute atomic E-state index is 0.790. The highest BCUT2D eigenvalue weighted by Gasteiger charge is 2.33. The van der Waals surface area contributed by atoms with Crippen molar-refractivity contribution in [2.24, 2.45) is 5.92 Å². The van der Waals surface area contributed by atoms with Crippen LogP contribution in [-0.4, -0.2) is 36.6 Å². The molecular formula is C13H26N2. The molecule has 0 spiro atoms. The van der Waals surface area contributed by atoms with Crippen LogP contribution in [0.5, 0.6) is 0 Å². The predicted octanol–water partition coefficient (Wildman–Crippen LogP) is 2.25. The first-order valence-electron chi connectivity index (χ1n) is 6.73. The first kappa shape index (κ1) is 11.4. The lowest BCUT2D eigenvalue weighted by Crippen LogP contribution is -2.33. The number of nitrogens with one attached hydrogen (secondary N) is 1. The molecule has 0 aromatic carbocycles. The molecule has 1 heterocycles. The van der Waals surface area contributed by atoms with Gasteiger partial charge in [0, 0.05) is 25.2 Å². The fourth-order valence-electron chi connectivity index (χ4n) is 2.54. The molecule has 1 aliphatic carbocycles. The van der Waals surface area contributed by atoms with Gasteiger partial charge in [-0.3, -0.25) is 4.90 Å². The fraction of sp³-hybridized carbons (Fsp3) is 1.00. The smallest absolute Gasteiger partial charge is 0.0207 e. The molecule has 0 aromatic heterocycles. The van der Waals surface area contributed by atoms with Crippen LogP contribution < -0.4 is 5.32 Å². The summed E-state index contributed by atoms with van der Waals surface area (Å²) >= 11 is 0. The summed E-state index contributed by atoms with van der Waals surface area (Å²) in [5, 5.41) is 3.71. The van der Waals surface area contributed by atoms with E-state index in [-0.39, 0.29) is 0 Å². The molecule has 88 valence electrons. The van der Waals surface area contributed by atoms with Gasteiger partial charge in [0.15, 0.2) is 0 Å². The number of hydrogen-bond donors (Lipinski definition) is 1. The molecule has 2 fully saturated rings. The summed E-state index contributed by atoms with van der Waals surface area (Å²) in [5.74, 6) is 0.860. The molecule has 1 saturated heterocycles. The second kappa shape index (κ2) is 5.31. The standard InChI is InChI=1S/C13H26N2/c1-11(2)4-3-8-14-12-7-9-15(10-12)13-5-6-13/h11-14H,3-10H2,1-2H3. The first-order chi connectivity index (χ1) is 7.25. The molecule has 0 aromatic rings. The van der Waals surface area contributed by atoms with Crippen molar-refractivity contribution in [3.8, 4) is 0 Å². The van der Waals surface area contributed by atoms with Crippen LogP contribution in [-0.2, 0) is 0 Å². The van der Waals surface area contributed by atoms with Gasteiger partial charge in [0.05, 0.1) is 0 Å². The van der Waals surface area contributed by atoms with Crippen LogP contribution in [0.3, 0.4) is 0 Å². The van der Waals surface area contributed by atoms with Crippen molar-refractivity contribution < 1.29 is 0 Å². The van der Waals surface area contributed by atoms with E-state index in [1.807, 2.05) is 0 Å². The summed E-state index contributed by atoms with van der Waals surface area (Å²) in [4.78, 5) is 2.68. The summed E-state index contributed by atoms with van der Waals surface area (Å²) < 4.78 is 0. The van der Waals surface area contributed by atoms with Gasteiger partial charge in [-0.05, 0) is 44.6 Å².